The van der Waals surface area contributed by atoms with Gasteiger partial charge < -0.3 is 19.5 Å². The number of ketones is 1. The number of hydrogen-bond acceptors (Lipinski definition) is 6. The summed E-state index contributed by atoms with van der Waals surface area (Å²) in [5, 5.41) is 2.69. The van der Waals surface area contributed by atoms with Gasteiger partial charge in [0.25, 0.3) is 5.91 Å². The summed E-state index contributed by atoms with van der Waals surface area (Å²) < 4.78 is 16.0. The van der Waals surface area contributed by atoms with Crippen LogP contribution in [0.4, 0.5) is 4.79 Å². The summed E-state index contributed by atoms with van der Waals surface area (Å²) in [7, 11) is 0. The van der Waals surface area contributed by atoms with Crippen LogP contribution in [0.1, 0.15) is 29.8 Å². The molecule has 0 aromatic heterocycles. The molecule has 2 aromatic rings. The summed E-state index contributed by atoms with van der Waals surface area (Å²) in [5.74, 6) is 0.896. The first-order chi connectivity index (χ1) is 13.9. The number of Topliss-reactive ketones (excluding diaryl/α,β-unsaturated/α-hetero) is 1. The topological polar surface area (TPSA) is 94.2 Å². The lowest BCUT2D eigenvalue weighted by Gasteiger charge is -2.22. The highest BCUT2D eigenvalue weighted by molar-refractivity contribution is 6.11. The van der Waals surface area contributed by atoms with Crippen LogP contribution in [0.25, 0.3) is 0 Å². The molecular formula is C21H20N2O6. The predicted octanol–water partition coefficient (Wildman–Crippen LogP) is 2.46. The van der Waals surface area contributed by atoms with Gasteiger partial charge in [0.05, 0.1) is 13.2 Å². The second-order valence-electron chi connectivity index (χ2n) is 6.90. The number of benzene rings is 2. The Hall–Kier alpha value is -3.55. The van der Waals surface area contributed by atoms with Crippen molar-refractivity contribution in [2.75, 3.05) is 19.9 Å². The van der Waals surface area contributed by atoms with Crippen LogP contribution in [0.15, 0.2) is 42.5 Å². The Morgan fingerprint density at radius 2 is 1.86 bits per heavy atom. The van der Waals surface area contributed by atoms with E-state index in [0.717, 1.165) is 4.90 Å². The number of ether oxygens (including phenoxy) is 3. The average molecular weight is 396 g/mol. The molecule has 3 amide bonds. The fourth-order valence-electron chi connectivity index (χ4n) is 3.38. The van der Waals surface area contributed by atoms with Crippen LogP contribution in [-0.4, -0.2) is 42.6 Å². The highest BCUT2D eigenvalue weighted by Gasteiger charge is 2.49. The van der Waals surface area contributed by atoms with Gasteiger partial charge in [0.1, 0.15) is 11.3 Å². The number of nitrogens with one attached hydrogen (secondary N) is 1. The third kappa shape index (κ3) is 3.26. The third-order valence-corrected chi connectivity index (χ3v) is 5.01. The fourth-order valence-corrected chi connectivity index (χ4v) is 3.38. The maximum Gasteiger partial charge on any atom is 0.325 e. The minimum atomic E-state index is -1.29. The molecule has 150 valence electrons. The molecule has 1 fully saturated rings. The summed E-state index contributed by atoms with van der Waals surface area (Å²) >= 11 is 0. The van der Waals surface area contributed by atoms with Crippen molar-refractivity contribution in [2.24, 2.45) is 0 Å². The SMILES string of the molecule is CCOc1ccc(C(=O)CN2C(=O)N[C@@](C)(c3ccc4c(c3)OCO4)C2=O)cc1. The van der Waals surface area contributed by atoms with E-state index in [-0.39, 0.29) is 19.1 Å². The normalized spacial score (nSPS) is 20.0. The number of imide groups is 1. The van der Waals surface area contributed by atoms with Crippen molar-refractivity contribution in [1.29, 1.82) is 0 Å². The van der Waals surface area contributed by atoms with Gasteiger partial charge >= 0.3 is 6.03 Å². The summed E-state index contributed by atoms with van der Waals surface area (Å²) in [6.45, 7) is 3.76. The van der Waals surface area contributed by atoms with Crippen LogP contribution in [-0.2, 0) is 10.3 Å². The highest BCUT2D eigenvalue weighted by Crippen LogP contribution is 2.37. The molecule has 1 N–H and O–H groups in total. The molecule has 0 saturated carbocycles. The Bertz CT molecular complexity index is 987. The molecule has 8 heteroatoms. The number of fused-ring (bicyclic) bond motifs is 1. The number of carbonyl (C=O) groups is 3. The number of rotatable bonds is 6. The van der Waals surface area contributed by atoms with Gasteiger partial charge in [-0.15, -0.1) is 0 Å². The van der Waals surface area contributed by atoms with Crippen molar-refractivity contribution in [1.82, 2.24) is 10.2 Å². The smallest absolute Gasteiger partial charge is 0.325 e. The molecule has 0 bridgehead atoms. The van der Waals surface area contributed by atoms with E-state index in [4.69, 9.17) is 14.2 Å². The number of carbonyl (C=O) groups excluding carboxylic acids is 3. The molecule has 0 spiro atoms. The zero-order valence-corrected chi connectivity index (χ0v) is 16.1. The first kappa shape index (κ1) is 18.8. The molecule has 0 unspecified atom stereocenters. The predicted molar refractivity (Wildman–Crippen MR) is 102 cm³/mol. The average Bonchev–Trinajstić information content (AvgIpc) is 3.27. The molecule has 1 saturated heterocycles. The van der Waals surface area contributed by atoms with Gasteiger partial charge in [-0.1, -0.05) is 6.07 Å². The monoisotopic (exact) mass is 396 g/mol. The first-order valence-electron chi connectivity index (χ1n) is 9.22. The van der Waals surface area contributed by atoms with E-state index in [9.17, 15) is 14.4 Å². The number of hydrogen-bond donors (Lipinski definition) is 1. The lowest BCUT2D eigenvalue weighted by atomic mass is 9.91. The van der Waals surface area contributed by atoms with E-state index >= 15 is 0 Å². The van der Waals surface area contributed by atoms with Crippen molar-refractivity contribution < 1.29 is 28.6 Å². The molecule has 2 heterocycles. The van der Waals surface area contributed by atoms with Crippen molar-refractivity contribution in [3.8, 4) is 17.2 Å². The van der Waals surface area contributed by atoms with Crippen molar-refractivity contribution in [2.45, 2.75) is 19.4 Å². The quantitative estimate of drug-likeness (QED) is 0.596. The summed E-state index contributed by atoms with van der Waals surface area (Å²) in [4.78, 5) is 39.1. The zero-order chi connectivity index (χ0) is 20.6. The summed E-state index contributed by atoms with van der Waals surface area (Å²) in [6.07, 6.45) is 0. The van der Waals surface area contributed by atoms with E-state index in [1.54, 1.807) is 49.4 Å². The van der Waals surface area contributed by atoms with Gasteiger partial charge in [-0.2, -0.15) is 0 Å². The first-order valence-corrected chi connectivity index (χ1v) is 9.22. The van der Waals surface area contributed by atoms with Crippen LogP contribution < -0.4 is 19.5 Å². The van der Waals surface area contributed by atoms with Gasteiger partial charge in [0, 0.05) is 5.56 Å². The maximum atomic E-state index is 13.0. The van der Waals surface area contributed by atoms with Gasteiger partial charge in [-0.3, -0.25) is 14.5 Å². The zero-order valence-electron chi connectivity index (χ0n) is 16.1. The van der Waals surface area contributed by atoms with Gasteiger partial charge in [0.2, 0.25) is 6.79 Å². The fraction of sp³-hybridized carbons (Fsp3) is 0.286. The standard InChI is InChI=1S/C21H20N2O6/c1-3-27-15-7-4-13(5-8-15)16(24)11-23-19(25)21(2,22-20(23)26)14-6-9-17-18(10-14)29-12-28-17/h4-10H,3,11-12H2,1-2H3,(H,22,26)/t21-/m0/s1. The van der Waals surface area contributed by atoms with E-state index in [1.807, 2.05) is 6.92 Å². The molecule has 2 aliphatic rings. The van der Waals surface area contributed by atoms with E-state index < -0.39 is 17.5 Å². The van der Waals surface area contributed by atoms with Crippen LogP contribution in [0.3, 0.4) is 0 Å². The van der Waals surface area contributed by atoms with Crippen LogP contribution in [0, 0.1) is 0 Å². The molecule has 8 nitrogen and oxygen atoms in total. The maximum absolute atomic E-state index is 13.0. The van der Waals surface area contributed by atoms with Gasteiger partial charge in [-0.25, -0.2) is 4.79 Å². The Morgan fingerprint density at radius 3 is 2.59 bits per heavy atom. The van der Waals surface area contributed by atoms with Crippen LogP contribution >= 0.6 is 0 Å². The number of urea groups is 1. The molecular weight excluding hydrogens is 376 g/mol. The molecule has 1 atom stereocenters. The Morgan fingerprint density at radius 1 is 1.14 bits per heavy atom. The lowest BCUT2D eigenvalue weighted by molar-refractivity contribution is -0.130. The summed E-state index contributed by atoms with van der Waals surface area (Å²) in [5.41, 5.74) is -0.348. The summed E-state index contributed by atoms with van der Waals surface area (Å²) in [6, 6.07) is 11.0. The van der Waals surface area contributed by atoms with E-state index in [0.29, 0.717) is 35.0 Å². The molecule has 29 heavy (non-hydrogen) atoms. The van der Waals surface area contributed by atoms with Crippen molar-refractivity contribution in [3.05, 3.63) is 53.6 Å². The second kappa shape index (κ2) is 7.12. The van der Waals surface area contributed by atoms with Crippen molar-refractivity contribution in [3.63, 3.8) is 0 Å². The minimum Gasteiger partial charge on any atom is -0.494 e. The molecule has 4 rings (SSSR count). The van der Waals surface area contributed by atoms with E-state index in [1.165, 1.54) is 0 Å². The second-order valence-corrected chi connectivity index (χ2v) is 6.90. The molecule has 0 aliphatic carbocycles. The van der Waals surface area contributed by atoms with Crippen LogP contribution in [0.2, 0.25) is 0 Å². The molecule has 0 radical (unpaired) electrons. The van der Waals surface area contributed by atoms with Gasteiger partial charge in [-0.05, 0) is 55.8 Å². The third-order valence-electron chi connectivity index (χ3n) is 5.01. The Kier molecular flexibility index (Phi) is 4.62. The Balaban J connectivity index is 1.52. The van der Waals surface area contributed by atoms with Crippen molar-refractivity contribution >= 4 is 17.7 Å². The minimum absolute atomic E-state index is 0.110. The lowest BCUT2D eigenvalue weighted by Crippen LogP contribution is -2.41. The highest BCUT2D eigenvalue weighted by atomic mass is 16.7. The number of amides is 3. The molecule has 2 aromatic carbocycles. The van der Waals surface area contributed by atoms with Crippen LogP contribution in [0.5, 0.6) is 17.2 Å². The molecule has 2 aliphatic heterocycles. The van der Waals surface area contributed by atoms with Gasteiger partial charge in [0.15, 0.2) is 17.3 Å². The van der Waals surface area contributed by atoms with E-state index in [2.05, 4.69) is 5.32 Å². The Labute approximate surface area is 167 Å². The number of nitrogens with zero attached hydrogens (tertiary/aromatic N) is 1. The largest absolute Gasteiger partial charge is 0.494 e.